The molecule has 1 N–H and O–H groups in total. The van der Waals surface area contributed by atoms with Crippen molar-refractivity contribution in [2.75, 3.05) is 23.3 Å². The molecule has 1 amide bonds. The Balaban J connectivity index is 1.29. The number of aromatic nitrogens is 7. The number of hydrogen-bond donors (Lipinski definition) is 1. The van der Waals surface area contributed by atoms with Crippen molar-refractivity contribution in [2.24, 2.45) is 5.92 Å². The molecule has 0 spiro atoms. The van der Waals surface area contributed by atoms with E-state index >= 15 is 0 Å². The van der Waals surface area contributed by atoms with E-state index in [0.717, 1.165) is 36.6 Å². The van der Waals surface area contributed by atoms with Crippen molar-refractivity contribution in [2.45, 2.75) is 19.8 Å². The van der Waals surface area contributed by atoms with Gasteiger partial charge in [0.2, 0.25) is 5.91 Å². The second-order valence-electron chi connectivity index (χ2n) is 7.78. The standard InChI is InChI=1S/C22H23N9O/c1-16-12-21(31(28-16)18-7-3-2-4-8-18)25-22(32)17-6-5-11-29(13-17)19-9-10-20(27-26-19)30-15-23-14-24-30/h2-4,7-10,12,14-15,17H,5-6,11,13H2,1H3,(H,25,32). The fourth-order valence-electron chi connectivity index (χ4n) is 3.92. The number of carbonyl (C=O) groups is 1. The van der Waals surface area contributed by atoms with Gasteiger partial charge in [0.05, 0.1) is 17.3 Å². The zero-order valence-corrected chi connectivity index (χ0v) is 17.7. The van der Waals surface area contributed by atoms with E-state index in [1.54, 1.807) is 15.7 Å². The Morgan fingerprint density at radius 1 is 1.09 bits per heavy atom. The molecule has 1 unspecified atom stereocenters. The van der Waals surface area contributed by atoms with Crippen LogP contribution in [0.15, 0.2) is 61.2 Å². The van der Waals surface area contributed by atoms with Crippen LogP contribution in [0.3, 0.4) is 0 Å². The average Bonchev–Trinajstić information content (AvgIpc) is 3.50. The molecule has 1 aromatic carbocycles. The topological polar surface area (TPSA) is 107 Å². The van der Waals surface area contributed by atoms with Crippen molar-refractivity contribution >= 4 is 17.5 Å². The number of piperidine rings is 1. The largest absolute Gasteiger partial charge is 0.354 e. The van der Waals surface area contributed by atoms with Crippen LogP contribution < -0.4 is 10.2 Å². The molecule has 0 aliphatic carbocycles. The summed E-state index contributed by atoms with van der Waals surface area (Å²) in [5.74, 6) is 1.85. The highest BCUT2D eigenvalue weighted by atomic mass is 16.2. The minimum absolute atomic E-state index is 0.0148. The molecular formula is C22H23N9O. The van der Waals surface area contributed by atoms with Crippen LogP contribution in [0.4, 0.5) is 11.6 Å². The SMILES string of the molecule is Cc1cc(NC(=O)C2CCCN(c3ccc(-n4cncn4)nn3)C2)n(-c2ccccc2)n1. The fraction of sp³-hybridized carbons (Fsp3) is 0.273. The van der Waals surface area contributed by atoms with Crippen molar-refractivity contribution in [1.82, 2.24) is 34.7 Å². The van der Waals surface area contributed by atoms with E-state index in [1.807, 2.05) is 55.5 Å². The molecule has 1 saturated heterocycles. The summed E-state index contributed by atoms with van der Waals surface area (Å²) < 4.78 is 3.32. The van der Waals surface area contributed by atoms with Gasteiger partial charge in [0.1, 0.15) is 18.5 Å². The number of benzene rings is 1. The normalized spacial score (nSPS) is 16.2. The summed E-state index contributed by atoms with van der Waals surface area (Å²) in [6, 6.07) is 15.4. The lowest BCUT2D eigenvalue weighted by molar-refractivity contribution is -0.120. The monoisotopic (exact) mass is 429 g/mol. The Kier molecular flexibility index (Phi) is 5.32. The van der Waals surface area contributed by atoms with Crippen molar-refractivity contribution in [3.05, 3.63) is 66.9 Å². The molecule has 1 aliphatic rings. The Morgan fingerprint density at radius 3 is 2.66 bits per heavy atom. The molecule has 1 aliphatic heterocycles. The summed E-state index contributed by atoms with van der Waals surface area (Å²) in [5.41, 5.74) is 1.75. The fourth-order valence-corrected chi connectivity index (χ4v) is 3.92. The van der Waals surface area contributed by atoms with Gasteiger partial charge in [-0.3, -0.25) is 4.79 Å². The summed E-state index contributed by atoms with van der Waals surface area (Å²) in [7, 11) is 0. The number of aryl methyl sites for hydroxylation is 1. The Bertz CT molecular complexity index is 1190. The summed E-state index contributed by atoms with van der Waals surface area (Å²) in [6.45, 7) is 3.34. The van der Waals surface area contributed by atoms with Crippen LogP contribution in [0.2, 0.25) is 0 Å². The van der Waals surface area contributed by atoms with Gasteiger partial charge < -0.3 is 10.2 Å². The maximum Gasteiger partial charge on any atom is 0.230 e. The van der Waals surface area contributed by atoms with E-state index in [4.69, 9.17) is 0 Å². The molecule has 10 heteroatoms. The lowest BCUT2D eigenvalue weighted by Crippen LogP contribution is -2.41. The van der Waals surface area contributed by atoms with Crippen LogP contribution >= 0.6 is 0 Å². The van der Waals surface area contributed by atoms with Gasteiger partial charge in [0.25, 0.3) is 0 Å². The summed E-state index contributed by atoms with van der Waals surface area (Å²) >= 11 is 0. The zero-order valence-electron chi connectivity index (χ0n) is 17.7. The van der Waals surface area contributed by atoms with E-state index in [0.29, 0.717) is 18.2 Å². The van der Waals surface area contributed by atoms with Gasteiger partial charge in [-0.15, -0.1) is 10.2 Å². The number of hydrogen-bond acceptors (Lipinski definition) is 7. The van der Waals surface area contributed by atoms with E-state index in [9.17, 15) is 4.79 Å². The molecule has 1 fully saturated rings. The van der Waals surface area contributed by atoms with Crippen LogP contribution in [-0.4, -0.2) is 53.7 Å². The number of rotatable bonds is 5. The lowest BCUT2D eigenvalue weighted by atomic mass is 9.97. The molecule has 1 atom stereocenters. The quantitative estimate of drug-likeness (QED) is 0.519. The minimum Gasteiger partial charge on any atom is -0.354 e. The van der Waals surface area contributed by atoms with Gasteiger partial charge in [0, 0.05) is 19.2 Å². The first-order valence-electron chi connectivity index (χ1n) is 10.5. The predicted octanol–water partition coefficient (Wildman–Crippen LogP) is 2.41. The number of anilines is 2. The first-order chi connectivity index (χ1) is 15.7. The van der Waals surface area contributed by atoms with Crippen LogP contribution in [0.5, 0.6) is 0 Å². The summed E-state index contributed by atoms with van der Waals surface area (Å²) in [4.78, 5) is 19.1. The van der Waals surface area contributed by atoms with Gasteiger partial charge in [-0.05, 0) is 44.0 Å². The Morgan fingerprint density at radius 2 is 1.91 bits per heavy atom. The van der Waals surface area contributed by atoms with E-state index in [-0.39, 0.29) is 11.8 Å². The third-order valence-electron chi connectivity index (χ3n) is 5.49. The van der Waals surface area contributed by atoms with Crippen molar-refractivity contribution < 1.29 is 4.79 Å². The van der Waals surface area contributed by atoms with Gasteiger partial charge >= 0.3 is 0 Å². The molecule has 10 nitrogen and oxygen atoms in total. The average molecular weight is 429 g/mol. The minimum atomic E-state index is -0.153. The van der Waals surface area contributed by atoms with E-state index in [1.165, 1.54) is 6.33 Å². The number of para-hydroxylation sites is 1. The molecule has 162 valence electrons. The second kappa shape index (κ2) is 8.58. The van der Waals surface area contributed by atoms with Crippen molar-refractivity contribution in [1.29, 1.82) is 0 Å². The molecule has 32 heavy (non-hydrogen) atoms. The molecule has 0 saturated carbocycles. The summed E-state index contributed by atoms with van der Waals surface area (Å²) in [5, 5.41) is 20.2. The number of carbonyl (C=O) groups excluding carboxylic acids is 1. The highest BCUT2D eigenvalue weighted by molar-refractivity contribution is 5.92. The van der Waals surface area contributed by atoms with Gasteiger partial charge in [0.15, 0.2) is 11.6 Å². The highest BCUT2D eigenvalue weighted by Gasteiger charge is 2.27. The van der Waals surface area contributed by atoms with Crippen molar-refractivity contribution in [3.8, 4) is 11.5 Å². The predicted molar refractivity (Wildman–Crippen MR) is 119 cm³/mol. The maximum atomic E-state index is 13.1. The Labute approximate surface area is 184 Å². The zero-order chi connectivity index (χ0) is 21.9. The smallest absolute Gasteiger partial charge is 0.230 e. The van der Waals surface area contributed by atoms with E-state index in [2.05, 4.69) is 35.6 Å². The molecule has 5 rings (SSSR count). The van der Waals surface area contributed by atoms with Crippen LogP contribution in [0.25, 0.3) is 11.5 Å². The molecule has 4 heterocycles. The van der Waals surface area contributed by atoms with Crippen LogP contribution in [0, 0.1) is 12.8 Å². The van der Waals surface area contributed by atoms with E-state index < -0.39 is 0 Å². The Hall–Kier alpha value is -4.08. The highest BCUT2D eigenvalue weighted by Crippen LogP contribution is 2.24. The van der Waals surface area contributed by atoms with Gasteiger partial charge in [-0.2, -0.15) is 10.2 Å². The molecular weight excluding hydrogens is 406 g/mol. The van der Waals surface area contributed by atoms with Gasteiger partial charge in [-0.25, -0.2) is 14.3 Å². The molecule has 4 aromatic rings. The van der Waals surface area contributed by atoms with Gasteiger partial charge in [-0.1, -0.05) is 18.2 Å². The molecule has 0 radical (unpaired) electrons. The first kappa shape index (κ1) is 19.9. The second-order valence-corrected chi connectivity index (χ2v) is 7.78. The lowest BCUT2D eigenvalue weighted by Gasteiger charge is -2.32. The maximum absolute atomic E-state index is 13.1. The van der Waals surface area contributed by atoms with Crippen LogP contribution in [-0.2, 0) is 4.79 Å². The number of nitrogens with zero attached hydrogens (tertiary/aromatic N) is 8. The summed E-state index contributed by atoms with van der Waals surface area (Å²) in [6.07, 6.45) is 4.76. The van der Waals surface area contributed by atoms with Crippen LogP contribution in [0.1, 0.15) is 18.5 Å². The number of nitrogens with one attached hydrogen (secondary N) is 1. The first-order valence-corrected chi connectivity index (χ1v) is 10.5. The third kappa shape index (κ3) is 4.07. The third-order valence-corrected chi connectivity index (χ3v) is 5.49. The molecule has 3 aromatic heterocycles. The number of amides is 1. The molecule has 0 bridgehead atoms. The van der Waals surface area contributed by atoms with Crippen molar-refractivity contribution in [3.63, 3.8) is 0 Å².